The first kappa shape index (κ1) is 9.16. The van der Waals surface area contributed by atoms with Gasteiger partial charge in [-0.1, -0.05) is 0 Å². The van der Waals surface area contributed by atoms with Crippen molar-refractivity contribution in [2.24, 2.45) is 5.29 Å². The van der Waals surface area contributed by atoms with E-state index in [1.54, 1.807) is 0 Å². The molecule has 0 rings (SSSR count). The van der Waals surface area contributed by atoms with Gasteiger partial charge in [0.05, 0.1) is 11.2 Å². The van der Waals surface area contributed by atoms with Crippen molar-refractivity contribution < 1.29 is 9.53 Å². The minimum atomic E-state index is -0.796. The largest absolute Gasteiger partial charge is 0.447 e. The summed E-state index contributed by atoms with van der Waals surface area (Å²) in [5, 5.41) is 2.86. The van der Waals surface area contributed by atoms with Crippen LogP contribution in [0.15, 0.2) is 5.29 Å². The molecular formula is C4H7ClN2O3. The van der Waals surface area contributed by atoms with Crippen LogP contribution in [0.2, 0.25) is 0 Å². The highest BCUT2D eigenvalue weighted by atomic mass is 35.5. The summed E-state index contributed by atoms with van der Waals surface area (Å²) in [6.45, 7) is 0.0836. The molecule has 0 aliphatic carbocycles. The Balaban J connectivity index is 3.51. The van der Waals surface area contributed by atoms with Crippen molar-refractivity contribution in [3.8, 4) is 0 Å². The Labute approximate surface area is 62.8 Å². The number of amides is 1. The van der Waals surface area contributed by atoms with Gasteiger partial charge in [0.25, 0.3) is 0 Å². The second kappa shape index (κ2) is 4.99. The molecule has 10 heavy (non-hydrogen) atoms. The fourth-order valence-corrected chi connectivity index (χ4v) is 0.330. The fraction of sp³-hybridized carbons (Fsp3) is 0.750. The van der Waals surface area contributed by atoms with E-state index < -0.39 is 6.09 Å². The molecular weight excluding hydrogens is 160 g/mol. The summed E-state index contributed by atoms with van der Waals surface area (Å²) < 4.78 is 4.41. The monoisotopic (exact) mass is 166 g/mol. The quantitative estimate of drug-likeness (QED) is 0.357. The minimum Gasteiger partial charge on any atom is -0.447 e. The first-order valence-electron chi connectivity index (χ1n) is 2.52. The topological polar surface area (TPSA) is 59.0 Å². The highest BCUT2D eigenvalue weighted by molar-refractivity contribution is 6.18. The van der Waals surface area contributed by atoms with E-state index in [2.05, 4.69) is 10.0 Å². The Morgan fingerprint density at radius 1 is 1.80 bits per heavy atom. The lowest BCUT2D eigenvalue weighted by molar-refractivity contribution is 0.117. The third-order valence-electron chi connectivity index (χ3n) is 0.689. The zero-order valence-electron chi connectivity index (χ0n) is 5.41. The molecule has 0 aromatic carbocycles. The number of carbonyl (C=O) groups excluding carboxylic acids is 1. The fourth-order valence-electron chi connectivity index (χ4n) is 0.253. The zero-order valence-corrected chi connectivity index (χ0v) is 6.17. The van der Waals surface area contributed by atoms with E-state index >= 15 is 0 Å². The van der Waals surface area contributed by atoms with Gasteiger partial charge >= 0.3 is 6.09 Å². The molecule has 0 heterocycles. The van der Waals surface area contributed by atoms with Crippen LogP contribution in [-0.2, 0) is 4.74 Å². The number of alkyl halides is 1. The van der Waals surface area contributed by atoms with Gasteiger partial charge in [-0.15, -0.1) is 16.5 Å². The van der Waals surface area contributed by atoms with Gasteiger partial charge in [0.15, 0.2) is 0 Å². The van der Waals surface area contributed by atoms with Crippen LogP contribution in [0.5, 0.6) is 0 Å². The molecule has 0 aliphatic rings. The predicted molar refractivity (Wildman–Crippen MR) is 35.6 cm³/mol. The molecule has 0 aromatic heterocycles. The third kappa shape index (κ3) is 3.24. The normalized spacial score (nSPS) is 8.60. The van der Waals surface area contributed by atoms with Gasteiger partial charge in [-0.25, -0.2) is 4.79 Å². The van der Waals surface area contributed by atoms with E-state index in [0.29, 0.717) is 5.01 Å². The molecule has 6 heteroatoms. The molecule has 0 radical (unpaired) electrons. The van der Waals surface area contributed by atoms with Crippen LogP contribution in [0.4, 0.5) is 4.79 Å². The van der Waals surface area contributed by atoms with Crippen molar-refractivity contribution in [1.29, 1.82) is 0 Å². The summed E-state index contributed by atoms with van der Waals surface area (Å²) in [6, 6.07) is 0. The second-order valence-electron chi connectivity index (χ2n) is 1.41. The smallest absolute Gasteiger partial charge is 0.432 e. The molecule has 0 bridgehead atoms. The summed E-state index contributed by atoms with van der Waals surface area (Å²) in [5.41, 5.74) is 0. The Hall–Kier alpha value is -0.840. The van der Waals surface area contributed by atoms with E-state index in [1.807, 2.05) is 0 Å². The molecule has 0 saturated heterocycles. The molecule has 0 N–H and O–H groups in total. The number of ether oxygens (including phenoxy) is 1. The van der Waals surface area contributed by atoms with Crippen molar-refractivity contribution in [3.05, 3.63) is 4.91 Å². The molecule has 0 aromatic rings. The average Bonchev–Trinajstić information content (AvgIpc) is 1.98. The van der Waals surface area contributed by atoms with Gasteiger partial charge in [-0.2, -0.15) is 5.01 Å². The van der Waals surface area contributed by atoms with Crippen LogP contribution in [0.25, 0.3) is 0 Å². The minimum absolute atomic E-state index is 0.0836. The van der Waals surface area contributed by atoms with Crippen molar-refractivity contribution >= 4 is 17.7 Å². The molecule has 0 unspecified atom stereocenters. The van der Waals surface area contributed by atoms with E-state index in [-0.39, 0.29) is 12.5 Å². The van der Waals surface area contributed by atoms with E-state index in [9.17, 15) is 9.70 Å². The molecule has 5 nitrogen and oxygen atoms in total. The molecule has 0 atom stereocenters. The number of halogens is 1. The number of hydrogen-bond acceptors (Lipinski definition) is 4. The lowest BCUT2D eigenvalue weighted by Crippen LogP contribution is -2.22. The number of nitroso groups, excluding NO2 is 1. The first-order valence-corrected chi connectivity index (χ1v) is 3.05. The van der Waals surface area contributed by atoms with Gasteiger partial charge in [0.1, 0.15) is 6.61 Å². The average molecular weight is 167 g/mol. The molecule has 0 saturated carbocycles. The van der Waals surface area contributed by atoms with Gasteiger partial charge in [-0.3, -0.25) is 0 Å². The van der Waals surface area contributed by atoms with E-state index in [4.69, 9.17) is 11.6 Å². The second-order valence-corrected chi connectivity index (χ2v) is 1.79. The van der Waals surface area contributed by atoms with E-state index in [1.165, 1.54) is 7.05 Å². The molecule has 0 spiro atoms. The van der Waals surface area contributed by atoms with Crippen LogP contribution in [0, 0.1) is 4.91 Å². The third-order valence-corrected chi connectivity index (χ3v) is 0.844. The standard InChI is InChI=1S/C4H7ClN2O3/c1-7(6-9)4(8)10-3-2-5/h2-3H2,1H3. The Morgan fingerprint density at radius 3 is 2.80 bits per heavy atom. The summed E-state index contributed by atoms with van der Waals surface area (Å²) >= 11 is 5.19. The van der Waals surface area contributed by atoms with Crippen molar-refractivity contribution in [3.63, 3.8) is 0 Å². The van der Waals surface area contributed by atoms with Crippen molar-refractivity contribution in [2.45, 2.75) is 0 Å². The Kier molecular flexibility index (Phi) is 4.57. The lowest BCUT2D eigenvalue weighted by atomic mass is 10.8. The Bertz CT molecular complexity index is 130. The van der Waals surface area contributed by atoms with Gasteiger partial charge in [0, 0.05) is 7.05 Å². The maximum Gasteiger partial charge on any atom is 0.432 e. The predicted octanol–water partition coefficient (Wildman–Crippen LogP) is 0.975. The number of hydrogen-bond donors (Lipinski definition) is 0. The summed E-state index contributed by atoms with van der Waals surface area (Å²) in [7, 11) is 1.20. The summed E-state index contributed by atoms with van der Waals surface area (Å²) in [4.78, 5) is 20.1. The highest BCUT2D eigenvalue weighted by Crippen LogP contribution is 1.89. The summed E-state index contributed by atoms with van der Waals surface area (Å²) in [6.07, 6.45) is -0.796. The SMILES string of the molecule is CN(N=O)C(=O)OCCCl. The number of carbonyl (C=O) groups is 1. The lowest BCUT2D eigenvalue weighted by Gasteiger charge is -2.05. The maximum absolute atomic E-state index is 10.5. The number of rotatable bonds is 3. The van der Waals surface area contributed by atoms with Gasteiger partial charge < -0.3 is 4.74 Å². The van der Waals surface area contributed by atoms with Crippen LogP contribution < -0.4 is 0 Å². The van der Waals surface area contributed by atoms with Crippen molar-refractivity contribution in [1.82, 2.24) is 5.01 Å². The summed E-state index contributed by atoms with van der Waals surface area (Å²) in [5.74, 6) is 0.207. The van der Waals surface area contributed by atoms with Crippen LogP contribution in [0.3, 0.4) is 0 Å². The number of nitrogens with zero attached hydrogens (tertiary/aromatic N) is 2. The van der Waals surface area contributed by atoms with Crippen LogP contribution in [0.1, 0.15) is 0 Å². The van der Waals surface area contributed by atoms with Crippen LogP contribution >= 0.6 is 11.6 Å². The highest BCUT2D eigenvalue weighted by Gasteiger charge is 2.07. The molecule has 0 aliphatic heterocycles. The van der Waals surface area contributed by atoms with Crippen molar-refractivity contribution in [2.75, 3.05) is 19.5 Å². The Morgan fingerprint density at radius 2 is 2.40 bits per heavy atom. The molecule has 1 amide bonds. The van der Waals surface area contributed by atoms with Gasteiger partial charge in [-0.05, 0) is 0 Å². The van der Waals surface area contributed by atoms with Gasteiger partial charge in [0.2, 0.25) is 0 Å². The molecule has 0 fully saturated rings. The maximum atomic E-state index is 10.5. The molecule has 58 valence electrons. The van der Waals surface area contributed by atoms with Crippen LogP contribution in [-0.4, -0.2) is 30.6 Å². The first-order chi connectivity index (χ1) is 4.72. The van der Waals surface area contributed by atoms with E-state index in [0.717, 1.165) is 0 Å². The zero-order chi connectivity index (χ0) is 7.98.